The highest BCUT2D eigenvalue weighted by Gasteiger charge is 2.36. The van der Waals surface area contributed by atoms with Gasteiger partial charge in [-0.15, -0.1) is 0 Å². The van der Waals surface area contributed by atoms with Crippen LogP contribution in [0.5, 0.6) is 23.0 Å². The van der Waals surface area contributed by atoms with Crippen LogP contribution in [0.4, 0.5) is 9.18 Å². The molecule has 0 saturated carbocycles. The summed E-state index contributed by atoms with van der Waals surface area (Å²) in [6.07, 6.45) is 2.19. The number of halogens is 2. The van der Waals surface area contributed by atoms with Crippen molar-refractivity contribution in [1.82, 2.24) is 10.2 Å². The first-order chi connectivity index (χ1) is 19.7. The van der Waals surface area contributed by atoms with Crippen LogP contribution in [0.2, 0.25) is 0 Å². The Bertz CT molecular complexity index is 1510. The highest BCUT2D eigenvalue weighted by atomic mass is 79.9. The number of carbonyl (C=O) groups excluding carboxylic acids is 3. The van der Waals surface area contributed by atoms with Gasteiger partial charge in [0.1, 0.15) is 18.0 Å². The number of hydrogen-bond donors (Lipinski definition) is 1. The Morgan fingerprint density at radius 3 is 2.41 bits per heavy atom. The minimum atomic E-state index is -0.831. The largest absolute Gasteiger partial charge is 0.493 e. The predicted molar refractivity (Wildman–Crippen MR) is 152 cm³/mol. The lowest BCUT2D eigenvalue weighted by atomic mass is 10.1. The van der Waals surface area contributed by atoms with Crippen molar-refractivity contribution in [3.63, 3.8) is 0 Å². The van der Waals surface area contributed by atoms with E-state index in [1.807, 2.05) is 6.92 Å². The van der Waals surface area contributed by atoms with Gasteiger partial charge in [-0.3, -0.25) is 19.8 Å². The molecular weight excluding hydrogens is 599 g/mol. The molecule has 0 bridgehead atoms. The van der Waals surface area contributed by atoms with Gasteiger partial charge >= 0.3 is 6.03 Å². The third kappa shape index (κ3) is 7.04. The number of carbonyl (C=O) groups is 3. The molecule has 0 atom stereocenters. The summed E-state index contributed by atoms with van der Waals surface area (Å²) in [5.74, 6) is -0.272. The van der Waals surface area contributed by atoms with Gasteiger partial charge in [0.2, 0.25) is 0 Å². The van der Waals surface area contributed by atoms with E-state index in [0.29, 0.717) is 50.8 Å². The van der Waals surface area contributed by atoms with Crippen molar-refractivity contribution in [1.29, 1.82) is 0 Å². The van der Waals surface area contributed by atoms with Gasteiger partial charge in [-0.1, -0.05) is 25.1 Å². The molecule has 41 heavy (non-hydrogen) atoms. The second-order valence-corrected chi connectivity index (χ2v) is 9.85. The molecule has 1 heterocycles. The summed E-state index contributed by atoms with van der Waals surface area (Å²) in [5.41, 5.74) is 1.44. The van der Waals surface area contributed by atoms with E-state index in [1.54, 1.807) is 42.5 Å². The number of barbiturate groups is 1. The average molecular weight is 627 g/mol. The number of benzene rings is 3. The highest BCUT2D eigenvalue weighted by Crippen LogP contribution is 2.38. The first kappa shape index (κ1) is 29.6. The van der Waals surface area contributed by atoms with Gasteiger partial charge in [0.25, 0.3) is 11.8 Å². The first-order valence-electron chi connectivity index (χ1n) is 12.7. The molecule has 1 aliphatic heterocycles. The zero-order valence-corrected chi connectivity index (χ0v) is 24.2. The Morgan fingerprint density at radius 2 is 1.71 bits per heavy atom. The van der Waals surface area contributed by atoms with Crippen LogP contribution in [0, 0.1) is 5.82 Å². The van der Waals surface area contributed by atoms with Crippen molar-refractivity contribution >= 4 is 39.9 Å². The minimum absolute atomic E-state index is 0.0849. The van der Waals surface area contributed by atoms with Crippen molar-refractivity contribution in [2.24, 2.45) is 0 Å². The molecule has 4 amide bonds. The number of nitrogens with zero attached hydrogens (tertiary/aromatic N) is 1. The fraction of sp³-hybridized carbons (Fsp3) is 0.233. The molecular formula is C30H28BrFN2O7. The summed E-state index contributed by atoms with van der Waals surface area (Å²) in [6, 6.07) is 13.5. The second-order valence-electron chi connectivity index (χ2n) is 8.99. The van der Waals surface area contributed by atoms with Crippen LogP contribution in [0.25, 0.3) is 6.08 Å². The molecule has 0 radical (unpaired) electrons. The monoisotopic (exact) mass is 626 g/mol. The lowest BCUT2D eigenvalue weighted by Gasteiger charge is -2.26. The maximum Gasteiger partial charge on any atom is 0.331 e. The van der Waals surface area contributed by atoms with Gasteiger partial charge < -0.3 is 18.9 Å². The van der Waals surface area contributed by atoms with E-state index in [-0.39, 0.29) is 24.5 Å². The lowest BCUT2D eigenvalue weighted by molar-refractivity contribution is -0.130. The van der Waals surface area contributed by atoms with Crippen LogP contribution >= 0.6 is 15.9 Å². The molecule has 0 aromatic heterocycles. The molecule has 1 aliphatic rings. The second kappa shape index (κ2) is 13.3. The summed E-state index contributed by atoms with van der Waals surface area (Å²) in [4.78, 5) is 39.6. The van der Waals surface area contributed by atoms with E-state index < -0.39 is 17.8 Å². The predicted octanol–water partition coefficient (Wildman–Crippen LogP) is 5.64. The number of methoxy groups -OCH3 is 2. The molecule has 3 aromatic rings. The van der Waals surface area contributed by atoms with E-state index in [2.05, 4.69) is 21.2 Å². The fourth-order valence-electron chi connectivity index (χ4n) is 4.07. The molecule has 0 aliphatic carbocycles. The van der Waals surface area contributed by atoms with Crippen LogP contribution in [-0.2, 0) is 22.7 Å². The summed E-state index contributed by atoms with van der Waals surface area (Å²) >= 11 is 3.44. The van der Waals surface area contributed by atoms with Crippen LogP contribution in [0.15, 0.2) is 64.6 Å². The lowest BCUT2D eigenvalue weighted by Crippen LogP contribution is -2.53. The van der Waals surface area contributed by atoms with E-state index in [4.69, 9.17) is 18.9 Å². The van der Waals surface area contributed by atoms with Crippen molar-refractivity contribution < 1.29 is 37.7 Å². The molecule has 9 nitrogen and oxygen atoms in total. The maximum atomic E-state index is 13.5. The van der Waals surface area contributed by atoms with Crippen molar-refractivity contribution in [3.05, 3.63) is 87.2 Å². The van der Waals surface area contributed by atoms with Gasteiger partial charge in [0.15, 0.2) is 23.0 Å². The Balaban J connectivity index is 1.57. The van der Waals surface area contributed by atoms with Crippen LogP contribution in [0.1, 0.15) is 30.0 Å². The van der Waals surface area contributed by atoms with Gasteiger partial charge in [-0.2, -0.15) is 0 Å². The Hall–Kier alpha value is -4.38. The van der Waals surface area contributed by atoms with Crippen LogP contribution in [-0.4, -0.2) is 43.6 Å². The highest BCUT2D eigenvalue weighted by molar-refractivity contribution is 9.10. The molecule has 0 unspecified atom stereocenters. The topological polar surface area (TPSA) is 103 Å². The smallest absolute Gasteiger partial charge is 0.331 e. The van der Waals surface area contributed by atoms with Crippen molar-refractivity contribution in [2.75, 3.05) is 20.8 Å². The maximum absolute atomic E-state index is 13.5. The van der Waals surface area contributed by atoms with Gasteiger partial charge in [-0.25, -0.2) is 9.18 Å². The average Bonchev–Trinajstić information content (AvgIpc) is 2.95. The van der Waals surface area contributed by atoms with E-state index in [9.17, 15) is 18.8 Å². The van der Waals surface area contributed by atoms with E-state index in [1.165, 1.54) is 32.4 Å². The molecule has 11 heteroatoms. The summed E-state index contributed by atoms with van der Waals surface area (Å²) in [7, 11) is 2.94. The number of imide groups is 2. The molecule has 214 valence electrons. The third-order valence-corrected chi connectivity index (χ3v) is 6.64. The summed E-state index contributed by atoms with van der Waals surface area (Å²) in [6.45, 7) is 2.49. The molecule has 1 N–H and O–H groups in total. The number of rotatable bonds is 11. The van der Waals surface area contributed by atoms with Gasteiger partial charge in [0, 0.05) is 0 Å². The Kier molecular flexibility index (Phi) is 9.61. The normalized spacial score (nSPS) is 14.2. The number of ether oxygens (including phenoxy) is 4. The third-order valence-electron chi connectivity index (χ3n) is 6.05. The zero-order valence-electron chi connectivity index (χ0n) is 22.7. The number of amides is 4. The Labute approximate surface area is 245 Å². The standard InChI is InChI=1S/C30H28BrFN2O7/c1-4-10-40-24-9-8-18(14-25(24)38-2)16-34-29(36)22(28(35)33-30(34)37)12-20-13-23(31)27(26(15-20)39-3)41-17-19-6-5-7-21(32)11-19/h5-9,11-15H,4,10,16-17H2,1-3H3,(H,33,35,37)/b22-12+. The first-order valence-corrected chi connectivity index (χ1v) is 13.5. The number of nitrogens with one attached hydrogen (secondary N) is 1. The van der Waals surface area contributed by atoms with Gasteiger partial charge in [0.05, 0.1) is 31.8 Å². The summed E-state index contributed by atoms with van der Waals surface area (Å²) < 4.78 is 36.4. The van der Waals surface area contributed by atoms with Crippen molar-refractivity contribution in [3.8, 4) is 23.0 Å². The molecule has 4 rings (SSSR count). The van der Waals surface area contributed by atoms with Crippen LogP contribution < -0.4 is 24.3 Å². The molecule has 3 aromatic carbocycles. The van der Waals surface area contributed by atoms with Crippen LogP contribution in [0.3, 0.4) is 0 Å². The van der Waals surface area contributed by atoms with Crippen molar-refractivity contribution in [2.45, 2.75) is 26.5 Å². The number of hydrogen-bond acceptors (Lipinski definition) is 7. The Morgan fingerprint density at radius 1 is 0.927 bits per heavy atom. The molecule has 0 spiro atoms. The van der Waals surface area contributed by atoms with E-state index in [0.717, 1.165) is 11.3 Å². The fourth-order valence-corrected chi connectivity index (χ4v) is 4.65. The van der Waals surface area contributed by atoms with Gasteiger partial charge in [-0.05, 0) is 81.5 Å². The quantitative estimate of drug-likeness (QED) is 0.217. The zero-order chi connectivity index (χ0) is 29.5. The molecule has 1 saturated heterocycles. The SMILES string of the molecule is CCCOc1ccc(CN2C(=O)NC(=O)/C(=C\c3cc(Br)c(OCc4cccc(F)c4)c(OC)c3)C2=O)cc1OC. The summed E-state index contributed by atoms with van der Waals surface area (Å²) in [5, 5.41) is 2.22. The minimum Gasteiger partial charge on any atom is -0.493 e. The molecule has 1 fully saturated rings. The van der Waals surface area contributed by atoms with E-state index >= 15 is 0 Å². The number of urea groups is 1.